The van der Waals surface area contributed by atoms with E-state index in [4.69, 9.17) is 4.74 Å². The number of benzene rings is 4. The Morgan fingerprint density at radius 3 is 2.13 bits per heavy atom. The number of hydrogen-bond acceptors (Lipinski definition) is 2. The fourth-order valence-corrected chi connectivity index (χ4v) is 4.86. The Hall–Kier alpha value is -3.65. The summed E-state index contributed by atoms with van der Waals surface area (Å²) in [6.07, 6.45) is 0.959. The molecule has 1 aliphatic carbocycles. The molecule has 0 amide bonds. The van der Waals surface area contributed by atoms with Crippen molar-refractivity contribution in [2.45, 2.75) is 18.3 Å². The molecule has 2 atom stereocenters. The summed E-state index contributed by atoms with van der Waals surface area (Å²) in [5.74, 6) is 1.34. The van der Waals surface area contributed by atoms with Crippen LogP contribution in [0.5, 0.6) is 5.75 Å². The van der Waals surface area contributed by atoms with Crippen LogP contribution in [0.1, 0.15) is 50.0 Å². The van der Waals surface area contributed by atoms with Gasteiger partial charge in [-0.2, -0.15) is 0 Å². The first-order valence-electron chi connectivity index (χ1n) is 10.7. The predicted octanol–water partition coefficient (Wildman–Crippen LogP) is 6.40. The molecular formula is C29H24O2. The number of carbonyl (C=O) groups is 1. The first-order chi connectivity index (χ1) is 15.3. The number of fused-ring (bicyclic) bond motifs is 1. The van der Waals surface area contributed by atoms with Gasteiger partial charge in [0.1, 0.15) is 5.75 Å². The number of rotatable bonds is 5. The maximum Gasteiger partial charge on any atom is 0.193 e. The number of ketones is 1. The molecule has 0 spiro atoms. The Morgan fingerprint density at radius 1 is 0.742 bits per heavy atom. The molecule has 31 heavy (non-hydrogen) atoms. The molecule has 0 bridgehead atoms. The molecule has 2 unspecified atom stereocenters. The Bertz CT molecular complexity index is 1210. The first kappa shape index (κ1) is 19.3. The van der Waals surface area contributed by atoms with Crippen LogP contribution in [-0.2, 0) is 6.42 Å². The van der Waals surface area contributed by atoms with Crippen LogP contribution in [-0.4, -0.2) is 12.9 Å². The monoisotopic (exact) mass is 404 g/mol. The summed E-state index contributed by atoms with van der Waals surface area (Å²) >= 11 is 0. The molecule has 2 nitrogen and oxygen atoms in total. The lowest BCUT2D eigenvalue weighted by atomic mass is 9.79. The molecule has 1 aliphatic rings. The normalized spacial score (nSPS) is 17.2. The molecule has 152 valence electrons. The molecule has 0 heterocycles. The minimum absolute atomic E-state index is 0.0778. The van der Waals surface area contributed by atoms with Crippen molar-refractivity contribution in [3.63, 3.8) is 0 Å². The number of ether oxygens (including phenoxy) is 1. The molecule has 0 saturated heterocycles. The third kappa shape index (κ3) is 3.55. The fraction of sp³-hybridized carbons (Fsp3) is 0.138. The molecule has 4 aromatic carbocycles. The van der Waals surface area contributed by atoms with Crippen molar-refractivity contribution in [3.8, 4) is 5.75 Å². The van der Waals surface area contributed by atoms with Gasteiger partial charge in [0.15, 0.2) is 5.78 Å². The van der Waals surface area contributed by atoms with E-state index in [9.17, 15) is 4.79 Å². The Balaban J connectivity index is 1.63. The lowest BCUT2D eigenvalue weighted by Gasteiger charge is -2.24. The van der Waals surface area contributed by atoms with Gasteiger partial charge in [0.2, 0.25) is 0 Å². The van der Waals surface area contributed by atoms with Gasteiger partial charge in [-0.25, -0.2) is 0 Å². The smallest absolute Gasteiger partial charge is 0.193 e. The average molecular weight is 405 g/mol. The lowest BCUT2D eigenvalue weighted by Crippen LogP contribution is -2.13. The SMILES string of the molecule is COc1ccc(C2Cc3ccccc3C2c2ccccc2C(=O)c2ccccc2)cc1. The van der Waals surface area contributed by atoms with Crippen molar-refractivity contribution in [2.75, 3.05) is 7.11 Å². The molecule has 2 heteroatoms. The summed E-state index contributed by atoms with van der Waals surface area (Å²) in [5.41, 5.74) is 6.55. The summed E-state index contributed by atoms with van der Waals surface area (Å²) in [4.78, 5) is 13.4. The van der Waals surface area contributed by atoms with Gasteiger partial charge in [0, 0.05) is 17.0 Å². The van der Waals surface area contributed by atoms with Gasteiger partial charge < -0.3 is 4.74 Å². The third-order valence-electron chi connectivity index (χ3n) is 6.35. The highest BCUT2D eigenvalue weighted by molar-refractivity contribution is 6.10. The zero-order valence-corrected chi connectivity index (χ0v) is 17.5. The molecule has 4 aromatic rings. The Labute approximate surface area is 183 Å². The summed E-state index contributed by atoms with van der Waals surface area (Å²) in [7, 11) is 1.69. The summed E-state index contributed by atoms with van der Waals surface area (Å²) in [6, 6.07) is 34.7. The van der Waals surface area contributed by atoms with Crippen molar-refractivity contribution in [2.24, 2.45) is 0 Å². The van der Waals surface area contributed by atoms with Gasteiger partial charge in [-0.3, -0.25) is 4.79 Å². The van der Waals surface area contributed by atoms with Crippen molar-refractivity contribution in [1.29, 1.82) is 0 Å². The van der Waals surface area contributed by atoms with Crippen LogP contribution in [0.3, 0.4) is 0 Å². The van der Waals surface area contributed by atoms with Crippen LogP contribution in [0, 0.1) is 0 Å². The summed E-state index contributed by atoms with van der Waals surface area (Å²) in [6.45, 7) is 0. The van der Waals surface area contributed by atoms with Crippen LogP contribution in [0.4, 0.5) is 0 Å². The second-order valence-corrected chi connectivity index (χ2v) is 8.04. The number of carbonyl (C=O) groups excluding carboxylic acids is 1. The van der Waals surface area contributed by atoms with Crippen LogP contribution in [0.2, 0.25) is 0 Å². The van der Waals surface area contributed by atoms with E-state index in [0.29, 0.717) is 0 Å². The van der Waals surface area contributed by atoms with E-state index in [-0.39, 0.29) is 17.6 Å². The highest BCUT2D eigenvalue weighted by atomic mass is 16.5. The highest BCUT2D eigenvalue weighted by Crippen LogP contribution is 2.48. The second-order valence-electron chi connectivity index (χ2n) is 8.04. The van der Waals surface area contributed by atoms with Crippen LogP contribution < -0.4 is 4.74 Å². The summed E-state index contributed by atoms with van der Waals surface area (Å²) in [5, 5.41) is 0. The van der Waals surface area contributed by atoms with Gasteiger partial charge >= 0.3 is 0 Å². The van der Waals surface area contributed by atoms with Gasteiger partial charge in [-0.05, 0) is 46.7 Å². The third-order valence-corrected chi connectivity index (χ3v) is 6.35. The summed E-state index contributed by atoms with van der Waals surface area (Å²) < 4.78 is 5.36. The molecule has 0 aliphatic heterocycles. The molecule has 0 fully saturated rings. The second kappa shape index (κ2) is 8.23. The van der Waals surface area contributed by atoms with E-state index in [2.05, 4.69) is 42.5 Å². The largest absolute Gasteiger partial charge is 0.497 e. The molecule has 0 saturated carbocycles. The Kier molecular flexibility index (Phi) is 5.13. The van der Waals surface area contributed by atoms with Gasteiger partial charge in [-0.1, -0.05) is 91.0 Å². The van der Waals surface area contributed by atoms with E-state index in [1.54, 1.807) is 7.11 Å². The van der Waals surface area contributed by atoms with E-state index >= 15 is 0 Å². The van der Waals surface area contributed by atoms with Crippen molar-refractivity contribution >= 4 is 5.78 Å². The zero-order chi connectivity index (χ0) is 21.2. The number of methoxy groups -OCH3 is 1. The minimum atomic E-state index is 0.0778. The standard InChI is InChI=1S/C29H24O2/c1-31-23-17-15-20(16-18-23)27-19-22-11-5-6-12-24(22)28(27)25-13-7-8-14-26(25)29(30)21-9-3-2-4-10-21/h2-18,27-28H,19H2,1H3. The predicted molar refractivity (Wildman–Crippen MR) is 124 cm³/mol. The van der Waals surface area contributed by atoms with Gasteiger partial charge in [0.25, 0.3) is 0 Å². The lowest BCUT2D eigenvalue weighted by molar-refractivity contribution is 0.103. The molecular weight excluding hydrogens is 380 g/mol. The fourth-order valence-electron chi connectivity index (χ4n) is 4.86. The highest BCUT2D eigenvalue weighted by Gasteiger charge is 2.36. The van der Waals surface area contributed by atoms with Gasteiger partial charge in [-0.15, -0.1) is 0 Å². The molecule has 0 aromatic heterocycles. The van der Waals surface area contributed by atoms with Crippen molar-refractivity contribution < 1.29 is 9.53 Å². The first-order valence-corrected chi connectivity index (χ1v) is 10.7. The average Bonchev–Trinajstić information content (AvgIpc) is 3.23. The number of hydrogen-bond donors (Lipinski definition) is 0. The zero-order valence-electron chi connectivity index (χ0n) is 17.5. The van der Waals surface area contributed by atoms with Gasteiger partial charge in [0.05, 0.1) is 7.11 Å². The Morgan fingerprint density at radius 2 is 1.39 bits per heavy atom. The van der Waals surface area contributed by atoms with Crippen LogP contribution >= 0.6 is 0 Å². The van der Waals surface area contributed by atoms with E-state index < -0.39 is 0 Å². The topological polar surface area (TPSA) is 26.3 Å². The molecule has 5 rings (SSSR count). The van der Waals surface area contributed by atoms with E-state index in [1.165, 1.54) is 16.7 Å². The quantitative estimate of drug-likeness (QED) is 0.360. The maximum atomic E-state index is 13.4. The molecule has 0 radical (unpaired) electrons. The van der Waals surface area contributed by atoms with Crippen LogP contribution in [0.25, 0.3) is 0 Å². The van der Waals surface area contributed by atoms with E-state index in [0.717, 1.165) is 28.9 Å². The van der Waals surface area contributed by atoms with Crippen molar-refractivity contribution in [1.82, 2.24) is 0 Å². The molecule has 0 N–H and O–H groups in total. The van der Waals surface area contributed by atoms with Crippen LogP contribution in [0.15, 0.2) is 103 Å². The minimum Gasteiger partial charge on any atom is -0.497 e. The maximum absolute atomic E-state index is 13.4. The van der Waals surface area contributed by atoms with Crippen molar-refractivity contribution in [3.05, 3.63) is 137 Å². The van der Waals surface area contributed by atoms with E-state index in [1.807, 2.05) is 60.7 Å².